The number of nitrogens with one attached hydrogen (secondary N) is 3. The van der Waals surface area contributed by atoms with Crippen molar-refractivity contribution in [2.45, 2.75) is 84.0 Å². The number of aryl methyl sites for hydroxylation is 1. The summed E-state index contributed by atoms with van der Waals surface area (Å²) in [5, 5.41) is 9.35. The van der Waals surface area contributed by atoms with Crippen LogP contribution in [0.25, 0.3) is 0 Å². The molecule has 0 unspecified atom stereocenters. The van der Waals surface area contributed by atoms with E-state index in [4.69, 9.17) is 4.74 Å². The van der Waals surface area contributed by atoms with Gasteiger partial charge in [0.15, 0.2) is 0 Å². The lowest BCUT2D eigenvalue weighted by molar-refractivity contribution is -0.141. The molecule has 2 aliphatic rings. The number of nitrogens with zero attached hydrogens (tertiary/aromatic N) is 1. The summed E-state index contributed by atoms with van der Waals surface area (Å²) in [7, 11) is 1.66. The second kappa shape index (κ2) is 12.4. The molecule has 8 nitrogen and oxygen atoms in total. The molecule has 0 radical (unpaired) electrons. The van der Waals surface area contributed by atoms with E-state index in [0.717, 1.165) is 37.0 Å². The van der Waals surface area contributed by atoms with Gasteiger partial charge in [-0.2, -0.15) is 0 Å². The van der Waals surface area contributed by atoms with Gasteiger partial charge < -0.3 is 25.6 Å². The largest absolute Gasteiger partial charge is 0.492 e. The predicted octanol–water partition coefficient (Wildman–Crippen LogP) is 2.26. The molecule has 1 aliphatic heterocycles. The van der Waals surface area contributed by atoms with Crippen LogP contribution in [0, 0.1) is 11.8 Å². The van der Waals surface area contributed by atoms with Crippen molar-refractivity contribution >= 4 is 17.7 Å². The number of fused-ring (bicyclic) bond motifs is 1. The number of carbonyl (C=O) groups excluding carboxylic acids is 3. The lowest BCUT2D eigenvalue weighted by Gasteiger charge is -2.31. The highest BCUT2D eigenvalue weighted by atomic mass is 16.5. The van der Waals surface area contributed by atoms with Crippen molar-refractivity contribution in [2.24, 2.45) is 11.8 Å². The first-order chi connectivity index (χ1) is 16.7. The van der Waals surface area contributed by atoms with Crippen molar-refractivity contribution in [2.75, 3.05) is 20.2 Å². The number of hydrogen-bond donors (Lipinski definition) is 3. The van der Waals surface area contributed by atoms with Crippen LogP contribution in [0.15, 0.2) is 24.3 Å². The Kier molecular flexibility index (Phi) is 9.55. The number of benzene rings is 1. The van der Waals surface area contributed by atoms with Gasteiger partial charge in [-0.25, -0.2) is 0 Å². The van der Waals surface area contributed by atoms with Crippen LogP contribution < -0.4 is 20.7 Å². The third kappa shape index (κ3) is 7.69. The zero-order valence-electron chi connectivity index (χ0n) is 21.8. The fourth-order valence-corrected chi connectivity index (χ4v) is 4.48. The summed E-state index contributed by atoms with van der Waals surface area (Å²) in [6.45, 7) is 8.72. The minimum atomic E-state index is -0.688. The quantitative estimate of drug-likeness (QED) is 0.609. The molecule has 1 aromatic rings. The van der Waals surface area contributed by atoms with E-state index in [1.807, 2.05) is 45.0 Å². The topological polar surface area (TPSA) is 99.8 Å². The SMILES string of the molecule is CC(C)C[C@H]1NC(=O)[C@@H](C)N(C)C(=O)[C@H](C2CC2)NCCOc2ccccc2CC[C@@H](C)NC1=O. The second-order valence-electron chi connectivity index (χ2n) is 10.5. The molecule has 1 heterocycles. The smallest absolute Gasteiger partial charge is 0.243 e. The molecule has 0 aromatic heterocycles. The first-order valence-electron chi connectivity index (χ1n) is 13.0. The van der Waals surface area contributed by atoms with E-state index >= 15 is 0 Å². The van der Waals surface area contributed by atoms with Gasteiger partial charge in [0.05, 0.1) is 6.04 Å². The van der Waals surface area contributed by atoms with Crippen LogP contribution >= 0.6 is 0 Å². The number of amides is 3. The molecular formula is C27H42N4O4. The first-order valence-corrected chi connectivity index (χ1v) is 13.0. The van der Waals surface area contributed by atoms with Gasteiger partial charge in [0.25, 0.3) is 0 Å². The van der Waals surface area contributed by atoms with E-state index < -0.39 is 12.1 Å². The molecule has 1 saturated carbocycles. The average molecular weight is 487 g/mol. The van der Waals surface area contributed by atoms with Crippen molar-refractivity contribution in [1.82, 2.24) is 20.9 Å². The van der Waals surface area contributed by atoms with Crippen LogP contribution in [0.2, 0.25) is 0 Å². The van der Waals surface area contributed by atoms with Crippen molar-refractivity contribution in [3.8, 4) is 5.75 Å². The Labute approximate surface area is 209 Å². The van der Waals surface area contributed by atoms with E-state index in [-0.39, 0.29) is 41.6 Å². The van der Waals surface area contributed by atoms with Crippen molar-refractivity contribution in [1.29, 1.82) is 0 Å². The van der Waals surface area contributed by atoms with Gasteiger partial charge in [-0.1, -0.05) is 32.0 Å². The van der Waals surface area contributed by atoms with Crippen molar-refractivity contribution in [3.05, 3.63) is 29.8 Å². The number of rotatable bonds is 3. The molecular weight excluding hydrogens is 444 g/mol. The Balaban J connectivity index is 1.82. The number of hydrogen-bond acceptors (Lipinski definition) is 5. The average Bonchev–Trinajstić information content (AvgIpc) is 3.66. The number of carbonyl (C=O) groups is 3. The summed E-state index contributed by atoms with van der Waals surface area (Å²) in [6, 6.07) is 6.20. The minimum absolute atomic E-state index is 0.0661. The standard InChI is InChI=1S/C27H42N4O4/c1-17(2)16-22-26(33)29-18(3)10-11-20-8-6-7-9-23(20)35-15-14-28-24(21-12-13-21)27(34)31(5)19(4)25(32)30-22/h6-9,17-19,21-22,24,28H,10-16H2,1-5H3,(H,29,33)(H,30,32)/t18-,19-,22-,24+/m1/s1. The molecule has 3 N–H and O–H groups in total. The predicted molar refractivity (Wildman–Crippen MR) is 136 cm³/mol. The van der Waals surface area contributed by atoms with Crippen LogP contribution in [0.4, 0.5) is 0 Å². The zero-order valence-corrected chi connectivity index (χ0v) is 21.8. The Morgan fingerprint density at radius 2 is 1.74 bits per heavy atom. The van der Waals surface area contributed by atoms with E-state index in [2.05, 4.69) is 16.0 Å². The highest BCUT2D eigenvalue weighted by Gasteiger charge is 2.39. The highest BCUT2D eigenvalue weighted by Crippen LogP contribution is 2.33. The second-order valence-corrected chi connectivity index (χ2v) is 10.5. The number of ether oxygens (including phenoxy) is 1. The molecule has 0 bridgehead atoms. The monoisotopic (exact) mass is 486 g/mol. The third-order valence-corrected chi connectivity index (χ3v) is 6.94. The van der Waals surface area contributed by atoms with Gasteiger partial charge >= 0.3 is 0 Å². The maximum absolute atomic E-state index is 13.3. The van der Waals surface area contributed by atoms with Crippen molar-refractivity contribution < 1.29 is 19.1 Å². The van der Waals surface area contributed by atoms with Crippen LogP contribution in [-0.2, 0) is 20.8 Å². The Bertz CT molecular complexity index is 886. The van der Waals surface area contributed by atoms with Gasteiger partial charge in [-0.15, -0.1) is 0 Å². The molecule has 8 heteroatoms. The summed E-state index contributed by atoms with van der Waals surface area (Å²) >= 11 is 0. The molecule has 0 saturated heterocycles. The van der Waals surface area contributed by atoms with Crippen LogP contribution in [0.5, 0.6) is 5.75 Å². The summed E-state index contributed by atoms with van der Waals surface area (Å²) in [5.41, 5.74) is 1.09. The zero-order chi connectivity index (χ0) is 25.5. The van der Waals surface area contributed by atoms with Crippen molar-refractivity contribution in [3.63, 3.8) is 0 Å². The lowest BCUT2D eigenvalue weighted by atomic mass is 10.0. The highest BCUT2D eigenvalue weighted by molar-refractivity contribution is 5.93. The van der Waals surface area contributed by atoms with Gasteiger partial charge in [0.1, 0.15) is 24.4 Å². The maximum Gasteiger partial charge on any atom is 0.243 e. The molecule has 35 heavy (non-hydrogen) atoms. The van der Waals surface area contributed by atoms with E-state index in [1.165, 1.54) is 4.90 Å². The number of likely N-dealkylation sites (N-methyl/N-ethyl adjacent to an activating group) is 1. The maximum atomic E-state index is 13.3. The molecule has 194 valence electrons. The molecule has 0 spiro atoms. The Morgan fingerprint density at radius 3 is 2.43 bits per heavy atom. The fourth-order valence-electron chi connectivity index (χ4n) is 4.48. The molecule has 3 amide bonds. The molecule has 1 aliphatic carbocycles. The van der Waals surface area contributed by atoms with E-state index in [1.54, 1.807) is 14.0 Å². The Morgan fingerprint density at radius 1 is 1.03 bits per heavy atom. The van der Waals surface area contributed by atoms with Crippen LogP contribution in [0.1, 0.15) is 58.9 Å². The Hall–Kier alpha value is -2.61. The van der Waals surface area contributed by atoms with Gasteiger partial charge in [0, 0.05) is 19.6 Å². The summed E-state index contributed by atoms with van der Waals surface area (Å²) in [6.07, 6.45) is 4.03. The minimum Gasteiger partial charge on any atom is -0.492 e. The van der Waals surface area contributed by atoms with Crippen LogP contribution in [-0.4, -0.2) is 67.0 Å². The third-order valence-electron chi connectivity index (χ3n) is 6.94. The molecule has 3 rings (SSSR count). The van der Waals surface area contributed by atoms with E-state index in [0.29, 0.717) is 19.6 Å². The van der Waals surface area contributed by atoms with Gasteiger partial charge in [-0.05, 0) is 69.4 Å². The fraction of sp³-hybridized carbons (Fsp3) is 0.667. The van der Waals surface area contributed by atoms with Gasteiger partial charge in [0.2, 0.25) is 17.7 Å². The summed E-state index contributed by atoms with van der Waals surface area (Å²) < 4.78 is 6.06. The summed E-state index contributed by atoms with van der Waals surface area (Å²) in [4.78, 5) is 41.0. The summed E-state index contributed by atoms with van der Waals surface area (Å²) in [5.74, 6) is 0.723. The first kappa shape index (κ1) is 27.0. The van der Waals surface area contributed by atoms with E-state index in [9.17, 15) is 14.4 Å². The lowest BCUT2D eigenvalue weighted by Crippen LogP contribution is -2.57. The molecule has 1 fully saturated rings. The van der Waals surface area contributed by atoms with Crippen LogP contribution in [0.3, 0.4) is 0 Å². The van der Waals surface area contributed by atoms with Gasteiger partial charge in [-0.3, -0.25) is 14.4 Å². The normalized spacial score (nSPS) is 27.8. The molecule has 4 atom stereocenters. The molecule has 1 aromatic carbocycles. The number of para-hydroxylation sites is 1.